The maximum Gasteiger partial charge on any atom is 0.0845 e. The Bertz CT molecular complexity index is 105. The van der Waals surface area contributed by atoms with Gasteiger partial charge in [-0.25, -0.2) is 0 Å². The van der Waals surface area contributed by atoms with Crippen molar-refractivity contribution in [3.63, 3.8) is 0 Å². The van der Waals surface area contributed by atoms with E-state index in [-0.39, 0.29) is 6.42 Å². The minimum absolute atomic E-state index is 0.179. The fourth-order valence-electron chi connectivity index (χ4n) is 0.218. The third kappa shape index (κ3) is 3.00. The minimum atomic E-state index is -0.852. The van der Waals surface area contributed by atoms with E-state index >= 15 is 0 Å². The van der Waals surface area contributed by atoms with Crippen LogP contribution in [0.4, 0.5) is 0 Å². The molecule has 0 fully saturated rings. The van der Waals surface area contributed by atoms with Crippen LogP contribution >= 0.6 is 15.9 Å². The Kier molecular flexibility index (Phi) is 3.03. The summed E-state index contributed by atoms with van der Waals surface area (Å²) in [5.41, 5.74) is -0.852. The topological polar surface area (TPSA) is 44.0 Å². The van der Waals surface area contributed by atoms with Crippen molar-refractivity contribution in [2.45, 2.75) is 18.9 Å². The molecule has 1 atom stereocenters. The first-order valence-corrected chi connectivity index (χ1v) is 3.40. The molecule has 0 spiro atoms. The van der Waals surface area contributed by atoms with Crippen LogP contribution in [-0.4, -0.2) is 16.0 Å². The van der Waals surface area contributed by atoms with Crippen molar-refractivity contribution in [1.82, 2.24) is 0 Å². The number of hydrogen-bond acceptors (Lipinski definition) is 2. The van der Waals surface area contributed by atoms with Gasteiger partial charge in [0.15, 0.2) is 0 Å². The zero-order valence-electron chi connectivity index (χ0n) is 4.69. The van der Waals surface area contributed by atoms with Crippen molar-refractivity contribution in [2.24, 2.45) is 0 Å². The van der Waals surface area contributed by atoms with Gasteiger partial charge in [0.2, 0.25) is 0 Å². The summed E-state index contributed by atoms with van der Waals surface area (Å²) >= 11 is 3.07. The highest BCUT2D eigenvalue weighted by molar-refractivity contribution is 9.09. The van der Waals surface area contributed by atoms with Crippen LogP contribution in [0, 0.1) is 11.3 Å². The molecule has 0 aromatic rings. The molecular formula is C5H8BrNO. The molecule has 0 heterocycles. The first-order chi connectivity index (χ1) is 3.62. The molecule has 0 bridgehead atoms. The summed E-state index contributed by atoms with van der Waals surface area (Å²) in [7, 11) is 0. The molecule has 46 valence electrons. The van der Waals surface area contributed by atoms with Crippen LogP contribution in [0.2, 0.25) is 0 Å². The molecule has 0 rings (SSSR count). The van der Waals surface area contributed by atoms with E-state index < -0.39 is 5.60 Å². The summed E-state index contributed by atoms with van der Waals surface area (Å²) in [5.74, 6) is 0. The third-order valence-corrected chi connectivity index (χ3v) is 1.96. The van der Waals surface area contributed by atoms with E-state index in [1.807, 2.05) is 6.07 Å². The molecule has 0 amide bonds. The van der Waals surface area contributed by atoms with Gasteiger partial charge in [-0.05, 0) is 6.92 Å². The first-order valence-electron chi connectivity index (χ1n) is 2.28. The average molecular weight is 178 g/mol. The SMILES string of the molecule is CC(O)(CBr)CC#N. The molecule has 0 aromatic carbocycles. The van der Waals surface area contributed by atoms with Gasteiger partial charge in [0.1, 0.15) is 0 Å². The molecule has 8 heavy (non-hydrogen) atoms. The molecule has 0 radical (unpaired) electrons. The van der Waals surface area contributed by atoms with Crippen molar-refractivity contribution >= 4 is 15.9 Å². The van der Waals surface area contributed by atoms with Crippen LogP contribution in [0.5, 0.6) is 0 Å². The molecule has 2 nitrogen and oxygen atoms in total. The van der Waals surface area contributed by atoms with Crippen molar-refractivity contribution in [1.29, 1.82) is 5.26 Å². The largest absolute Gasteiger partial charge is 0.388 e. The Labute approximate surface area is 57.3 Å². The number of hydrogen-bond donors (Lipinski definition) is 1. The number of alkyl halides is 1. The lowest BCUT2D eigenvalue weighted by Gasteiger charge is -2.14. The van der Waals surface area contributed by atoms with Gasteiger partial charge in [-0.1, -0.05) is 15.9 Å². The lowest BCUT2D eigenvalue weighted by atomic mass is 10.1. The predicted octanol–water partition coefficient (Wildman–Crippen LogP) is 1.05. The van der Waals surface area contributed by atoms with Crippen LogP contribution < -0.4 is 0 Å². The standard InChI is InChI=1S/C5H8BrNO/c1-5(8,4-6)2-3-7/h8H,2,4H2,1H3. The Balaban J connectivity index is 3.58. The summed E-state index contributed by atoms with van der Waals surface area (Å²) in [6.45, 7) is 1.62. The lowest BCUT2D eigenvalue weighted by Crippen LogP contribution is -2.24. The Morgan fingerprint density at radius 1 is 1.88 bits per heavy atom. The molecule has 0 aromatic heterocycles. The van der Waals surface area contributed by atoms with Gasteiger partial charge in [-0.3, -0.25) is 0 Å². The molecule has 0 saturated heterocycles. The molecule has 1 N–H and O–H groups in total. The number of aliphatic hydroxyl groups is 1. The summed E-state index contributed by atoms with van der Waals surface area (Å²) in [6.07, 6.45) is 0.179. The van der Waals surface area contributed by atoms with E-state index in [1.54, 1.807) is 6.92 Å². The van der Waals surface area contributed by atoms with Crippen LogP contribution in [0.1, 0.15) is 13.3 Å². The second-order valence-electron chi connectivity index (χ2n) is 1.97. The molecule has 0 aliphatic heterocycles. The van der Waals surface area contributed by atoms with E-state index in [2.05, 4.69) is 15.9 Å². The van der Waals surface area contributed by atoms with Gasteiger partial charge in [0.05, 0.1) is 18.1 Å². The number of halogens is 1. The maximum atomic E-state index is 9.05. The summed E-state index contributed by atoms with van der Waals surface area (Å²) in [6, 6.07) is 1.88. The van der Waals surface area contributed by atoms with Crippen LogP contribution in [0.15, 0.2) is 0 Å². The van der Waals surface area contributed by atoms with Crippen molar-refractivity contribution in [2.75, 3.05) is 5.33 Å². The van der Waals surface area contributed by atoms with Crippen LogP contribution in [-0.2, 0) is 0 Å². The highest BCUT2D eigenvalue weighted by Gasteiger charge is 2.16. The lowest BCUT2D eigenvalue weighted by molar-refractivity contribution is 0.0922. The first kappa shape index (κ1) is 7.93. The molecular weight excluding hydrogens is 170 g/mol. The second kappa shape index (κ2) is 3.06. The summed E-state index contributed by atoms with van der Waals surface area (Å²) < 4.78 is 0. The van der Waals surface area contributed by atoms with E-state index in [0.29, 0.717) is 5.33 Å². The number of nitriles is 1. The molecule has 0 saturated carbocycles. The van der Waals surface area contributed by atoms with Crippen molar-refractivity contribution in [3.8, 4) is 6.07 Å². The van der Waals surface area contributed by atoms with Gasteiger partial charge in [-0.2, -0.15) is 5.26 Å². The normalized spacial score (nSPS) is 16.8. The van der Waals surface area contributed by atoms with Gasteiger partial charge >= 0.3 is 0 Å². The predicted molar refractivity (Wildman–Crippen MR) is 34.6 cm³/mol. The smallest absolute Gasteiger partial charge is 0.0845 e. The molecule has 0 aliphatic rings. The summed E-state index contributed by atoms with van der Waals surface area (Å²) in [4.78, 5) is 0. The maximum absolute atomic E-state index is 9.05. The van der Waals surface area contributed by atoms with E-state index in [4.69, 9.17) is 10.4 Å². The quantitative estimate of drug-likeness (QED) is 0.642. The zero-order valence-corrected chi connectivity index (χ0v) is 6.27. The fraction of sp³-hybridized carbons (Fsp3) is 0.800. The minimum Gasteiger partial charge on any atom is -0.388 e. The van der Waals surface area contributed by atoms with Gasteiger partial charge in [0, 0.05) is 5.33 Å². The highest BCUT2D eigenvalue weighted by atomic mass is 79.9. The van der Waals surface area contributed by atoms with E-state index in [9.17, 15) is 0 Å². The molecule has 0 aliphatic carbocycles. The van der Waals surface area contributed by atoms with Crippen molar-refractivity contribution < 1.29 is 5.11 Å². The molecule has 1 unspecified atom stereocenters. The van der Waals surface area contributed by atoms with Gasteiger partial charge in [0.25, 0.3) is 0 Å². The zero-order chi connectivity index (χ0) is 6.62. The van der Waals surface area contributed by atoms with E-state index in [0.717, 1.165) is 0 Å². The van der Waals surface area contributed by atoms with Gasteiger partial charge < -0.3 is 5.11 Å². The highest BCUT2D eigenvalue weighted by Crippen LogP contribution is 2.10. The molecule has 3 heteroatoms. The van der Waals surface area contributed by atoms with Gasteiger partial charge in [-0.15, -0.1) is 0 Å². The Morgan fingerprint density at radius 2 is 2.38 bits per heavy atom. The van der Waals surface area contributed by atoms with Crippen LogP contribution in [0.25, 0.3) is 0 Å². The van der Waals surface area contributed by atoms with Crippen molar-refractivity contribution in [3.05, 3.63) is 0 Å². The second-order valence-corrected chi connectivity index (χ2v) is 2.53. The Morgan fingerprint density at radius 3 is 2.50 bits per heavy atom. The van der Waals surface area contributed by atoms with E-state index in [1.165, 1.54) is 0 Å². The number of nitrogens with zero attached hydrogens (tertiary/aromatic N) is 1. The fourth-order valence-corrected chi connectivity index (χ4v) is 0.416. The van der Waals surface area contributed by atoms with Crippen LogP contribution in [0.3, 0.4) is 0 Å². The average Bonchev–Trinajstić information content (AvgIpc) is 1.67. The number of rotatable bonds is 2. The monoisotopic (exact) mass is 177 g/mol. The summed E-state index contributed by atoms with van der Waals surface area (Å²) in [5, 5.41) is 17.6. The third-order valence-electron chi connectivity index (χ3n) is 0.748. The Hall–Kier alpha value is -0.0700.